The standard InChI is InChI=1S/C12H14N4O2/c1-3-17-11-13-5-9(6-14-11)10-7-15-12(16-8-10)18-4-2/h5-8H,3-4H2,1-2H3. The molecular formula is C12H14N4O2. The van der Waals surface area contributed by atoms with E-state index in [9.17, 15) is 0 Å². The molecule has 0 radical (unpaired) electrons. The van der Waals surface area contributed by atoms with Crippen LogP contribution in [-0.4, -0.2) is 33.1 Å². The highest BCUT2D eigenvalue weighted by molar-refractivity contribution is 5.59. The van der Waals surface area contributed by atoms with Crippen LogP contribution in [0.3, 0.4) is 0 Å². The third-order valence-corrected chi connectivity index (χ3v) is 2.14. The minimum atomic E-state index is 0.369. The van der Waals surface area contributed by atoms with Gasteiger partial charge in [-0.1, -0.05) is 0 Å². The number of nitrogens with zero attached hydrogens (tertiary/aromatic N) is 4. The van der Waals surface area contributed by atoms with Gasteiger partial charge < -0.3 is 9.47 Å². The Bertz CT molecular complexity index is 437. The van der Waals surface area contributed by atoms with Gasteiger partial charge in [0, 0.05) is 35.9 Å². The molecule has 2 heterocycles. The van der Waals surface area contributed by atoms with Gasteiger partial charge >= 0.3 is 12.0 Å². The first kappa shape index (κ1) is 12.2. The summed E-state index contributed by atoms with van der Waals surface area (Å²) in [4.78, 5) is 16.3. The summed E-state index contributed by atoms with van der Waals surface area (Å²) in [5.74, 6) is 0. The Labute approximate surface area is 105 Å². The molecular weight excluding hydrogens is 232 g/mol. The topological polar surface area (TPSA) is 70.0 Å². The maximum Gasteiger partial charge on any atom is 0.316 e. The molecule has 0 aliphatic carbocycles. The summed E-state index contributed by atoms with van der Waals surface area (Å²) in [6.45, 7) is 4.87. The molecule has 0 amide bonds. The molecule has 0 bridgehead atoms. The number of hydrogen-bond donors (Lipinski definition) is 0. The summed E-state index contributed by atoms with van der Waals surface area (Å²) < 4.78 is 10.3. The zero-order valence-electron chi connectivity index (χ0n) is 10.3. The lowest BCUT2D eigenvalue weighted by molar-refractivity contribution is 0.312. The maximum atomic E-state index is 5.17. The average Bonchev–Trinajstić information content (AvgIpc) is 2.41. The summed E-state index contributed by atoms with van der Waals surface area (Å²) >= 11 is 0. The smallest absolute Gasteiger partial charge is 0.316 e. The van der Waals surface area contributed by atoms with Gasteiger partial charge in [-0.05, 0) is 13.8 Å². The van der Waals surface area contributed by atoms with Crippen LogP contribution in [-0.2, 0) is 0 Å². The minimum absolute atomic E-state index is 0.369. The fraction of sp³-hybridized carbons (Fsp3) is 0.333. The Morgan fingerprint density at radius 3 is 1.33 bits per heavy atom. The second-order valence-corrected chi connectivity index (χ2v) is 3.37. The summed E-state index contributed by atoms with van der Waals surface area (Å²) in [6.07, 6.45) is 6.71. The van der Waals surface area contributed by atoms with E-state index in [4.69, 9.17) is 9.47 Å². The van der Waals surface area contributed by atoms with Crippen molar-refractivity contribution < 1.29 is 9.47 Å². The van der Waals surface area contributed by atoms with E-state index in [1.807, 2.05) is 13.8 Å². The summed E-state index contributed by atoms with van der Waals surface area (Å²) in [6, 6.07) is 0.737. The predicted octanol–water partition coefficient (Wildman–Crippen LogP) is 1.73. The van der Waals surface area contributed by atoms with Gasteiger partial charge in [0.05, 0.1) is 13.2 Å². The van der Waals surface area contributed by atoms with Crippen molar-refractivity contribution in [2.75, 3.05) is 13.2 Å². The Balaban J connectivity index is 2.15. The minimum Gasteiger partial charge on any atom is -0.464 e. The Morgan fingerprint density at radius 2 is 1.06 bits per heavy atom. The first-order valence-corrected chi connectivity index (χ1v) is 5.73. The van der Waals surface area contributed by atoms with Crippen molar-refractivity contribution in [2.24, 2.45) is 0 Å². The van der Waals surface area contributed by atoms with Gasteiger partial charge in [0.15, 0.2) is 0 Å². The van der Waals surface area contributed by atoms with Gasteiger partial charge in [-0.3, -0.25) is 0 Å². The molecule has 0 atom stereocenters. The molecule has 0 aromatic carbocycles. The molecule has 6 nitrogen and oxygen atoms in total. The second kappa shape index (κ2) is 5.90. The number of ether oxygens (including phenoxy) is 2. The van der Waals surface area contributed by atoms with E-state index in [-0.39, 0.29) is 0 Å². The quantitative estimate of drug-likeness (QED) is 0.800. The van der Waals surface area contributed by atoms with E-state index >= 15 is 0 Å². The fourth-order valence-corrected chi connectivity index (χ4v) is 1.34. The zero-order valence-corrected chi connectivity index (χ0v) is 10.3. The highest BCUT2D eigenvalue weighted by atomic mass is 16.5. The summed E-state index contributed by atoms with van der Waals surface area (Å²) in [5.41, 5.74) is 1.67. The molecule has 0 saturated heterocycles. The van der Waals surface area contributed by atoms with Gasteiger partial charge in [-0.2, -0.15) is 0 Å². The van der Waals surface area contributed by atoms with Gasteiger partial charge in [0.25, 0.3) is 0 Å². The molecule has 18 heavy (non-hydrogen) atoms. The van der Waals surface area contributed by atoms with Crippen LogP contribution in [0.1, 0.15) is 13.8 Å². The van der Waals surface area contributed by atoms with Gasteiger partial charge in [0.1, 0.15) is 0 Å². The molecule has 2 rings (SSSR count). The molecule has 0 unspecified atom stereocenters. The molecule has 0 aliphatic heterocycles. The number of hydrogen-bond acceptors (Lipinski definition) is 6. The van der Waals surface area contributed by atoms with Crippen LogP contribution < -0.4 is 9.47 Å². The van der Waals surface area contributed by atoms with Crippen LogP contribution in [0.25, 0.3) is 11.1 Å². The molecule has 6 heteroatoms. The van der Waals surface area contributed by atoms with Crippen molar-refractivity contribution in [1.82, 2.24) is 19.9 Å². The van der Waals surface area contributed by atoms with Crippen LogP contribution in [0.5, 0.6) is 12.0 Å². The molecule has 2 aromatic rings. The average molecular weight is 246 g/mol. The van der Waals surface area contributed by atoms with E-state index in [0.29, 0.717) is 25.2 Å². The second-order valence-electron chi connectivity index (χ2n) is 3.37. The van der Waals surface area contributed by atoms with Crippen molar-refractivity contribution in [3.05, 3.63) is 24.8 Å². The van der Waals surface area contributed by atoms with Crippen molar-refractivity contribution in [3.63, 3.8) is 0 Å². The van der Waals surface area contributed by atoms with Crippen molar-refractivity contribution >= 4 is 0 Å². The first-order chi connectivity index (χ1) is 8.83. The summed E-state index contributed by atoms with van der Waals surface area (Å²) in [5, 5.41) is 0. The Hall–Kier alpha value is -2.24. The van der Waals surface area contributed by atoms with Crippen LogP contribution >= 0.6 is 0 Å². The third kappa shape index (κ3) is 2.91. The van der Waals surface area contributed by atoms with Gasteiger partial charge in [-0.25, -0.2) is 19.9 Å². The van der Waals surface area contributed by atoms with E-state index in [2.05, 4.69) is 19.9 Å². The Morgan fingerprint density at radius 1 is 0.722 bits per heavy atom. The lowest BCUT2D eigenvalue weighted by atomic mass is 10.2. The van der Waals surface area contributed by atoms with Crippen molar-refractivity contribution in [1.29, 1.82) is 0 Å². The molecule has 94 valence electrons. The monoisotopic (exact) mass is 246 g/mol. The van der Waals surface area contributed by atoms with E-state index in [1.54, 1.807) is 24.8 Å². The maximum absolute atomic E-state index is 5.17. The van der Waals surface area contributed by atoms with Crippen LogP contribution in [0.4, 0.5) is 0 Å². The lowest BCUT2D eigenvalue weighted by Gasteiger charge is -2.04. The Kier molecular flexibility index (Phi) is 4.01. The van der Waals surface area contributed by atoms with E-state index in [1.165, 1.54) is 0 Å². The van der Waals surface area contributed by atoms with Crippen molar-refractivity contribution in [3.8, 4) is 23.1 Å². The van der Waals surface area contributed by atoms with Gasteiger partial charge in [0.2, 0.25) is 0 Å². The number of rotatable bonds is 5. The molecule has 0 spiro atoms. The predicted molar refractivity (Wildman–Crippen MR) is 65.4 cm³/mol. The summed E-state index contributed by atoms with van der Waals surface area (Å²) in [7, 11) is 0. The lowest BCUT2D eigenvalue weighted by Crippen LogP contribution is -1.98. The number of aromatic nitrogens is 4. The molecule has 0 aliphatic rings. The molecule has 2 aromatic heterocycles. The highest BCUT2D eigenvalue weighted by Crippen LogP contribution is 2.17. The van der Waals surface area contributed by atoms with E-state index in [0.717, 1.165) is 11.1 Å². The SMILES string of the molecule is CCOc1ncc(-c2cnc(OCC)nc2)cn1. The van der Waals surface area contributed by atoms with E-state index < -0.39 is 0 Å². The highest BCUT2D eigenvalue weighted by Gasteiger charge is 2.03. The molecule has 0 saturated carbocycles. The zero-order chi connectivity index (χ0) is 12.8. The molecule has 0 fully saturated rings. The van der Waals surface area contributed by atoms with Crippen LogP contribution in [0.15, 0.2) is 24.8 Å². The normalized spacial score (nSPS) is 10.1. The van der Waals surface area contributed by atoms with Crippen LogP contribution in [0.2, 0.25) is 0 Å². The van der Waals surface area contributed by atoms with Crippen LogP contribution in [0, 0.1) is 0 Å². The van der Waals surface area contributed by atoms with Crippen molar-refractivity contribution in [2.45, 2.75) is 13.8 Å². The molecule has 0 N–H and O–H groups in total. The van der Waals surface area contributed by atoms with Gasteiger partial charge in [-0.15, -0.1) is 0 Å². The first-order valence-electron chi connectivity index (χ1n) is 5.73. The largest absolute Gasteiger partial charge is 0.464 e. The third-order valence-electron chi connectivity index (χ3n) is 2.14. The fourth-order valence-electron chi connectivity index (χ4n) is 1.34.